The predicted octanol–water partition coefficient (Wildman–Crippen LogP) is 1.57. The largest absolute Gasteiger partial charge is 0.480 e. The van der Waals surface area contributed by atoms with Crippen LogP contribution < -0.4 is 5.32 Å². The van der Waals surface area contributed by atoms with Gasteiger partial charge in [0, 0.05) is 5.56 Å². The molecule has 1 amide bonds. The Morgan fingerprint density at radius 3 is 2.54 bits per heavy atom. The molecule has 1 aromatic carbocycles. The molecule has 1 heterocycles. The zero-order valence-electron chi connectivity index (χ0n) is 13.2. The molecule has 2 aromatic rings. The van der Waals surface area contributed by atoms with Crippen molar-refractivity contribution in [3.05, 3.63) is 36.2 Å². The fraction of sp³-hybridized carbons (Fsp3) is 0.438. The summed E-state index contributed by atoms with van der Waals surface area (Å²) in [5, 5.41) is 23.3. The summed E-state index contributed by atoms with van der Waals surface area (Å²) in [6, 6.07) is 6.77. The van der Waals surface area contributed by atoms with Gasteiger partial charge in [0.15, 0.2) is 0 Å². The van der Waals surface area contributed by atoms with E-state index < -0.39 is 17.4 Å². The van der Waals surface area contributed by atoms with Gasteiger partial charge in [0.05, 0.1) is 5.69 Å². The Morgan fingerprint density at radius 2 is 1.92 bits per heavy atom. The zero-order valence-corrected chi connectivity index (χ0v) is 13.2. The van der Waals surface area contributed by atoms with Crippen molar-refractivity contribution >= 4 is 11.9 Å². The van der Waals surface area contributed by atoms with Crippen LogP contribution in [-0.4, -0.2) is 42.7 Å². The topological polar surface area (TPSA) is 110 Å². The molecular formula is C16H19N5O3. The van der Waals surface area contributed by atoms with Gasteiger partial charge in [-0.2, -0.15) is 0 Å². The summed E-state index contributed by atoms with van der Waals surface area (Å²) in [5.74, 6) is -1.36. The zero-order chi connectivity index (χ0) is 17.0. The number of hydrogen-bond acceptors (Lipinski definition) is 5. The van der Waals surface area contributed by atoms with Crippen LogP contribution in [0.25, 0.3) is 5.69 Å². The number of nitrogens with zero attached hydrogens (tertiary/aromatic N) is 4. The molecule has 126 valence electrons. The average molecular weight is 329 g/mol. The van der Waals surface area contributed by atoms with Gasteiger partial charge >= 0.3 is 5.97 Å². The van der Waals surface area contributed by atoms with Gasteiger partial charge in [-0.1, -0.05) is 31.7 Å². The lowest BCUT2D eigenvalue weighted by molar-refractivity contribution is -0.145. The van der Waals surface area contributed by atoms with Gasteiger partial charge in [0.2, 0.25) is 0 Å². The lowest BCUT2D eigenvalue weighted by Crippen LogP contribution is -2.54. The normalized spacial score (nSPS) is 17.0. The van der Waals surface area contributed by atoms with E-state index in [1.54, 1.807) is 24.3 Å². The predicted molar refractivity (Wildman–Crippen MR) is 84.7 cm³/mol. The SMILES string of the molecule is O=C(NC1(C(=O)O)CCCCCC1)c1cccc(-n2cnnn2)c1. The highest BCUT2D eigenvalue weighted by molar-refractivity contribution is 5.98. The van der Waals surface area contributed by atoms with E-state index in [1.807, 2.05) is 0 Å². The van der Waals surface area contributed by atoms with Crippen LogP contribution in [0.3, 0.4) is 0 Å². The summed E-state index contributed by atoms with van der Waals surface area (Å²) in [6.07, 6.45) is 5.95. The highest BCUT2D eigenvalue weighted by Crippen LogP contribution is 2.28. The summed E-state index contributed by atoms with van der Waals surface area (Å²) in [6.45, 7) is 0. The molecule has 0 saturated heterocycles. The second-order valence-corrected chi connectivity index (χ2v) is 6.06. The maximum absolute atomic E-state index is 12.6. The Morgan fingerprint density at radius 1 is 1.17 bits per heavy atom. The van der Waals surface area contributed by atoms with Crippen molar-refractivity contribution in [1.82, 2.24) is 25.5 Å². The number of carbonyl (C=O) groups excluding carboxylic acids is 1. The smallest absolute Gasteiger partial charge is 0.329 e. The first-order valence-electron chi connectivity index (χ1n) is 8.00. The molecule has 1 aliphatic rings. The van der Waals surface area contributed by atoms with Crippen molar-refractivity contribution in [3.8, 4) is 5.69 Å². The molecule has 1 aromatic heterocycles. The standard InChI is InChI=1S/C16H19N5O3/c22-14(18-16(15(23)24)8-3-1-2-4-9-16)12-6-5-7-13(10-12)21-11-17-19-20-21/h5-7,10-11H,1-4,8-9H2,(H,18,22)(H,23,24). The van der Waals surface area contributed by atoms with Crippen molar-refractivity contribution in [3.63, 3.8) is 0 Å². The van der Waals surface area contributed by atoms with Crippen molar-refractivity contribution in [2.75, 3.05) is 0 Å². The maximum Gasteiger partial charge on any atom is 0.329 e. The fourth-order valence-electron chi connectivity index (χ4n) is 3.08. The van der Waals surface area contributed by atoms with Crippen LogP contribution in [-0.2, 0) is 4.79 Å². The molecule has 0 radical (unpaired) electrons. The molecule has 8 heteroatoms. The van der Waals surface area contributed by atoms with Crippen LogP contribution >= 0.6 is 0 Å². The number of rotatable bonds is 4. The molecule has 24 heavy (non-hydrogen) atoms. The van der Waals surface area contributed by atoms with Crippen LogP contribution in [0.15, 0.2) is 30.6 Å². The van der Waals surface area contributed by atoms with Crippen molar-refractivity contribution < 1.29 is 14.7 Å². The van der Waals surface area contributed by atoms with E-state index in [1.165, 1.54) is 11.0 Å². The number of hydrogen-bond donors (Lipinski definition) is 2. The highest BCUT2D eigenvalue weighted by Gasteiger charge is 2.40. The van der Waals surface area contributed by atoms with Crippen LogP contribution in [0.5, 0.6) is 0 Å². The fourth-order valence-corrected chi connectivity index (χ4v) is 3.08. The van der Waals surface area contributed by atoms with E-state index in [0.29, 0.717) is 24.1 Å². The van der Waals surface area contributed by atoms with Gasteiger partial charge in [-0.15, -0.1) is 5.10 Å². The second-order valence-electron chi connectivity index (χ2n) is 6.06. The molecule has 2 N–H and O–H groups in total. The number of benzene rings is 1. The number of nitrogens with one attached hydrogen (secondary N) is 1. The number of carbonyl (C=O) groups is 2. The molecule has 0 unspecified atom stereocenters. The number of carboxylic acids is 1. The molecule has 1 aliphatic carbocycles. The first kappa shape index (κ1) is 16.1. The van der Waals surface area contributed by atoms with Crippen LogP contribution in [0.2, 0.25) is 0 Å². The van der Waals surface area contributed by atoms with E-state index >= 15 is 0 Å². The number of tetrazole rings is 1. The quantitative estimate of drug-likeness (QED) is 0.824. The molecule has 8 nitrogen and oxygen atoms in total. The highest BCUT2D eigenvalue weighted by atomic mass is 16.4. The monoisotopic (exact) mass is 329 g/mol. The second kappa shape index (κ2) is 6.77. The van der Waals surface area contributed by atoms with E-state index in [0.717, 1.165) is 25.7 Å². The minimum Gasteiger partial charge on any atom is -0.480 e. The minimum atomic E-state index is -1.18. The molecule has 0 atom stereocenters. The number of aliphatic carboxylic acids is 1. The molecule has 0 bridgehead atoms. The molecule has 1 fully saturated rings. The first-order chi connectivity index (χ1) is 11.6. The van der Waals surface area contributed by atoms with E-state index in [-0.39, 0.29) is 0 Å². The van der Waals surface area contributed by atoms with Crippen LogP contribution in [0.1, 0.15) is 48.9 Å². The van der Waals surface area contributed by atoms with Gasteiger partial charge < -0.3 is 10.4 Å². The third-order valence-electron chi connectivity index (χ3n) is 4.44. The molecule has 1 saturated carbocycles. The Bertz CT molecular complexity index is 721. The minimum absolute atomic E-state index is 0.382. The van der Waals surface area contributed by atoms with E-state index in [4.69, 9.17) is 0 Å². The van der Waals surface area contributed by atoms with Gasteiger partial charge in [0.25, 0.3) is 5.91 Å². The number of amides is 1. The van der Waals surface area contributed by atoms with Crippen molar-refractivity contribution in [1.29, 1.82) is 0 Å². The number of aromatic nitrogens is 4. The Hall–Kier alpha value is -2.77. The Labute approximate surface area is 138 Å². The average Bonchev–Trinajstić information content (AvgIpc) is 3.02. The Kier molecular flexibility index (Phi) is 4.54. The third-order valence-corrected chi connectivity index (χ3v) is 4.44. The van der Waals surface area contributed by atoms with E-state index in [9.17, 15) is 14.7 Å². The van der Waals surface area contributed by atoms with Crippen LogP contribution in [0.4, 0.5) is 0 Å². The molecule has 0 spiro atoms. The summed E-state index contributed by atoms with van der Waals surface area (Å²) in [7, 11) is 0. The summed E-state index contributed by atoms with van der Waals surface area (Å²) >= 11 is 0. The number of carboxylic acid groups (broad SMARTS) is 1. The lowest BCUT2D eigenvalue weighted by Gasteiger charge is -2.29. The van der Waals surface area contributed by atoms with Crippen molar-refractivity contribution in [2.45, 2.75) is 44.1 Å². The lowest BCUT2D eigenvalue weighted by atomic mass is 9.90. The van der Waals surface area contributed by atoms with Gasteiger partial charge in [-0.25, -0.2) is 9.48 Å². The van der Waals surface area contributed by atoms with Crippen LogP contribution in [0, 0.1) is 0 Å². The first-order valence-corrected chi connectivity index (χ1v) is 8.00. The molecule has 0 aliphatic heterocycles. The Balaban J connectivity index is 1.83. The summed E-state index contributed by atoms with van der Waals surface area (Å²) in [4.78, 5) is 24.4. The summed E-state index contributed by atoms with van der Waals surface area (Å²) < 4.78 is 1.44. The van der Waals surface area contributed by atoms with Gasteiger partial charge in [-0.3, -0.25) is 4.79 Å². The molecular weight excluding hydrogens is 310 g/mol. The summed E-state index contributed by atoms with van der Waals surface area (Å²) in [5.41, 5.74) is -0.163. The van der Waals surface area contributed by atoms with E-state index in [2.05, 4.69) is 20.8 Å². The maximum atomic E-state index is 12.6. The molecule has 3 rings (SSSR count). The van der Waals surface area contributed by atoms with Gasteiger partial charge in [0.1, 0.15) is 11.9 Å². The van der Waals surface area contributed by atoms with Crippen molar-refractivity contribution in [2.24, 2.45) is 0 Å². The third kappa shape index (κ3) is 3.27. The van der Waals surface area contributed by atoms with Gasteiger partial charge in [-0.05, 0) is 41.5 Å².